The number of rotatable bonds is 5. The maximum atomic E-state index is 13.0. The van der Waals surface area contributed by atoms with Gasteiger partial charge >= 0.3 is 0 Å². The van der Waals surface area contributed by atoms with Crippen molar-refractivity contribution in [3.8, 4) is 10.6 Å². The molecule has 0 radical (unpaired) electrons. The molecule has 128 valence electrons. The average Bonchev–Trinajstić information content (AvgIpc) is 3.22. The molecular formula is C17H13ClFN3OS2. The quantitative estimate of drug-likeness (QED) is 0.502. The Hall–Kier alpha value is -2.09. The standard InChI is InChI=1S/C17H13ClFN3OS2/c1-10(14-6-7-15(18)25-14)21-22-16(23)8-13-9-24-17(20-13)11-2-4-12(19)5-3-11/h2-7,9H,8H2,1H3,(H,22,23)/b21-10-. The lowest BCUT2D eigenvalue weighted by Gasteiger charge is -2.00. The normalized spacial score (nSPS) is 11.6. The third-order valence-electron chi connectivity index (χ3n) is 3.26. The Bertz CT molecular complexity index is 918. The van der Waals surface area contributed by atoms with Gasteiger partial charge in [0.1, 0.15) is 10.8 Å². The monoisotopic (exact) mass is 393 g/mol. The average molecular weight is 394 g/mol. The second kappa shape index (κ2) is 7.86. The van der Waals surface area contributed by atoms with Crippen LogP contribution in [0.1, 0.15) is 17.5 Å². The third-order valence-corrected chi connectivity index (χ3v) is 5.54. The lowest BCUT2D eigenvalue weighted by Crippen LogP contribution is -2.21. The lowest BCUT2D eigenvalue weighted by atomic mass is 10.2. The van der Waals surface area contributed by atoms with E-state index in [2.05, 4.69) is 15.5 Å². The Morgan fingerprint density at radius 3 is 2.72 bits per heavy atom. The van der Waals surface area contributed by atoms with Crippen LogP contribution in [0.4, 0.5) is 4.39 Å². The molecule has 0 fully saturated rings. The van der Waals surface area contributed by atoms with Gasteiger partial charge in [0.15, 0.2) is 0 Å². The van der Waals surface area contributed by atoms with Crippen LogP contribution in [0, 0.1) is 5.82 Å². The van der Waals surface area contributed by atoms with Gasteiger partial charge in [-0.25, -0.2) is 14.8 Å². The number of carbonyl (C=O) groups is 1. The molecule has 0 saturated carbocycles. The molecule has 4 nitrogen and oxygen atoms in total. The summed E-state index contributed by atoms with van der Waals surface area (Å²) in [5.74, 6) is -0.543. The molecule has 1 aromatic carbocycles. The van der Waals surface area contributed by atoms with E-state index in [1.54, 1.807) is 25.1 Å². The molecule has 3 rings (SSSR count). The molecular weight excluding hydrogens is 381 g/mol. The maximum absolute atomic E-state index is 13.0. The molecule has 0 atom stereocenters. The summed E-state index contributed by atoms with van der Waals surface area (Å²) in [6.45, 7) is 1.80. The van der Waals surface area contributed by atoms with Gasteiger partial charge in [-0.05, 0) is 43.3 Å². The van der Waals surface area contributed by atoms with E-state index in [1.165, 1.54) is 34.8 Å². The summed E-state index contributed by atoms with van der Waals surface area (Å²) in [6, 6.07) is 9.74. The van der Waals surface area contributed by atoms with E-state index < -0.39 is 0 Å². The van der Waals surface area contributed by atoms with Crippen molar-refractivity contribution in [2.75, 3.05) is 0 Å². The van der Waals surface area contributed by atoms with Crippen molar-refractivity contribution in [2.24, 2.45) is 5.10 Å². The second-order valence-electron chi connectivity index (χ2n) is 5.16. The van der Waals surface area contributed by atoms with Crippen LogP contribution >= 0.6 is 34.3 Å². The molecule has 2 heterocycles. The number of halogens is 2. The summed E-state index contributed by atoms with van der Waals surface area (Å²) in [6.07, 6.45) is 0.125. The number of hydrazone groups is 1. The molecule has 0 aliphatic rings. The number of thiophene rings is 1. The highest BCUT2D eigenvalue weighted by Crippen LogP contribution is 2.24. The van der Waals surface area contributed by atoms with Crippen molar-refractivity contribution >= 4 is 45.9 Å². The molecule has 2 aromatic heterocycles. The predicted molar refractivity (Wildman–Crippen MR) is 101 cm³/mol. The predicted octanol–water partition coefficient (Wildman–Crippen LogP) is 4.75. The fraction of sp³-hybridized carbons (Fsp3) is 0.118. The number of nitrogens with one attached hydrogen (secondary N) is 1. The maximum Gasteiger partial charge on any atom is 0.246 e. The van der Waals surface area contributed by atoms with E-state index in [-0.39, 0.29) is 18.1 Å². The van der Waals surface area contributed by atoms with Gasteiger partial charge in [0.2, 0.25) is 5.91 Å². The fourth-order valence-corrected chi connectivity index (χ4v) is 3.84. The number of amides is 1. The highest BCUT2D eigenvalue weighted by Gasteiger charge is 2.09. The third kappa shape index (κ3) is 4.72. The van der Waals surface area contributed by atoms with E-state index >= 15 is 0 Å². The van der Waals surface area contributed by atoms with Crippen LogP contribution in [-0.4, -0.2) is 16.6 Å². The molecule has 0 unspecified atom stereocenters. The first-order chi connectivity index (χ1) is 12.0. The minimum atomic E-state index is -0.292. The smallest absolute Gasteiger partial charge is 0.246 e. The first kappa shape index (κ1) is 17.7. The van der Waals surface area contributed by atoms with Crippen LogP contribution in [-0.2, 0) is 11.2 Å². The molecule has 8 heteroatoms. The first-order valence-electron chi connectivity index (χ1n) is 7.30. The number of aromatic nitrogens is 1. The number of hydrogen-bond acceptors (Lipinski definition) is 5. The molecule has 1 amide bonds. The van der Waals surface area contributed by atoms with Gasteiger partial charge < -0.3 is 0 Å². The van der Waals surface area contributed by atoms with Crippen molar-refractivity contribution in [1.82, 2.24) is 10.4 Å². The number of nitrogens with zero attached hydrogens (tertiary/aromatic N) is 2. The van der Waals surface area contributed by atoms with Crippen molar-refractivity contribution in [3.05, 3.63) is 62.5 Å². The first-order valence-corrected chi connectivity index (χ1v) is 9.38. The summed E-state index contributed by atoms with van der Waals surface area (Å²) < 4.78 is 13.6. The number of hydrogen-bond donors (Lipinski definition) is 1. The van der Waals surface area contributed by atoms with Gasteiger partial charge in [-0.15, -0.1) is 22.7 Å². The summed E-state index contributed by atoms with van der Waals surface area (Å²) in [5, 5.41) is 6.64. The van der Waals surface area contributed by atoms with Gasteiger partial charge in [0.25, 0.3) is 0 Å². The Labute approximate surface area is 157 Å². The van der Waals surface area contributed by atoms with Crippen molar-refractivity contribution in [3.63, 3.8) is 0 Å². The zero-order valence-electron chi connectivity index (χ0n) is 13.1. The van der Waals surface area contributed by atoms with Gasteiger partial charge in [-0.1, -0.05) is 11.6 Å². The summed E-state index contributed by atoms with van der Waals surface area (Å²) in [4.78, 5) is 17.3. The van der Waals surface area contributed by atoms with E-state index in [1.807, 2.05) is 11.4 Å². The van der Waals surface area contributed by atoms with E-state index in [0.717, 1.165) is 15.4 Å². The van der Waals surface area contributed by atoms with Crippen LogP contribution in [0.2, 0.25) is 4.34 Å². The van der Waals surface area contributed by atoms with Crippen molar-refractivity contribution in [2.45, 2.75) is 13.3 Å². The molecule has 1 N–H and O–H groups in total. The summed E-state index contributed by atoms with van der Waals surface area (Å²) in [5.41, 5.74) is 4.68. The number of thiazole rings is 1. The lowest BCUT2D eigenvalue weighted by molar-refractivity contribution is -0.120. The van der Waals surface area contributed by atoms with Gasteiger partial charge in [-0.2, -0.15) is 5.10 Å². The van der Waals surface area contributed by atoms with Crippen LogP contribution < -0.4 is 5.43 Å². The van der Waals surface area contributed by atoms with Gasteiger partial charge in [0, 0.05) is 10.9 Å². The minimum Gasteiger partial charge on any atom is -0.273 e. The highest BCUT2D eigenvalue weighted by molar-refractivity contribution is 7.18. The molecule has 0 spiro atoms. The van der Waals surface area contributed by atoms with E-state index in [9.17, 15) is 9.18 Å². The van der Waals surface area contributed by atoms with Crippen LogP contribution in [0.25, 0.3) is 10.6 Å². The number of carbonyl (C=O) groups excluding carboxylic acids is 1. The Kier molecular flexibility index (Phi) is 5.57. The zero-order chi connectivity index (χ0) is 17.8. The molecule has 0 aliphatic carbocycles. The molecule has 3 aromatic rings. The largest absolute Gasteiger partial charge is 0.273 e. The Balaban J connectivity index is 1.61. The van der Waals surface area contributed by atoms with E-state index in [0.29, 0.717) is 15.7 Å². The zero-order valence-corrected chi connectivity index (χ0v) is 15.5. The second-order valence-corrected chi connectivity index (χ2v) is 7.74. The van der Waals surface area contributed by atoms with Crippen molar-refractivity contribution in [1.29, 1.82) is 0 Å². The van der Waals surface area contributed by atoms with Crippen LogP contribution in [0.5, 0.6) is 0 Å². The van der Waals surface area contributed by atoms with Gasteiger partial charge in [0.05, 0.1) is 27.0 Å². The minimum absolute atomic E-state index is 0.125. The van der Waals surface area contributed by atoms with Gasteiger partial charge in [-0.3, -0.25) is 4.79 Å². The van der Waals surface area contributed by atoms with Crippen molar-refractivity contribution < 1.29 is 9.18 Å². The summed E-state index contributed by atoms with van der Waals surface area (Å²) in [7, 11) is 0. The molecule has 0 bridgehead atoms. The molecule has 0 saturated heterocycles. The number of benzene rings is 1. The van der Waals surface area contributed by atoms with Crippen LogP contribution in [0.3, 0.4) is 0 Å². The molecule has 0 aliphatic heterocycles. The molecule has 25 heavy (non-hydrogen) atoms. The van der Waals surface area contributed by atoms with Crippen LogP contribution in [0.15, 0.2) is 46.9 Å². The Morgan fingerprint density at radius 2 is 2.04 bits per heavy atom. The fourth-order valence-electron chi connectivity index (χ4n) is 2.03. The van der Waals surface area contributed by atoms with E-state index in [4.69, 9.17) is 11.6 Å². The Morgan fingerprint density at radius 1 is 1.28 bits per heavy atom. The summed E-state index contributed by atoms with van der Waals surface area (Å²) >= 11 is 8.70. The SMILES string of the molecule is C/C(=N/NC(=O)Cc1csc(-c2ccc(F)cc2)n1)c1ccc(Cl)s1. The highest BCUT2D eigenvalue weighted by atomic mass is 35.5. The topological polar surface area (TPSA) is 54.4 Å².